The highest BCUT2D eigenvalue weighted by Crippen LogP contribution is 2.68. The molecule has 3 unspecified atom stereocenters. The van der Waals surface area contributed by atoms with Crippen LogP contribution in [0.25, 0.3) is 11.1 Å². The van der Waals surface area contributed by atoms with Gasteiger partial charge in [-0.05, 0) is 210 Å². The molecule has 8 aliphatic carbocycles. The van der Waals surface area contributed by atoms with Crippen LogP contribution in [0.2, 0.25) is 0 Å². The molecule has 0 amide bonds. The first-order valence-corrected chi connectivity index (χ1v) is 25.2. The Morgan fingerprint density at radius 2 is 0.938 bits per heavy atom. The van der Waals surface area contributed by atoms with Crippen molar-refractivity contribution in [1.82, 2.24) is 0 Å². The van der Waals surface area contributed by atoms with E-state index in [1.807, 2.05) is 0 Å². The molecule has 4 bridgehead atoms. The van der Waals surface area contributed by atoms with Gasteiger partial charge in [-0.15, -0.1) is 0 Å². The lowest BCUT2D eigenvalue weighted by Crippen LogP contribution is -2.48. The van der Waals surface area contributed by atoms with Crippen molar-refractivity contribution in [3.63, 3.8) is 0 Å². The van der Waals surface area contributed by atoms with E-state index in [1.165, 1.54) is 114 Å². The van der Waals surface area contributed by atoms with Crippen molar-refractivity contribution >= 4 is 34.1 Å². The van der Waals surface area contributed by atoms with E-state index in [0.717, 1.165) is 30.6 Å². The molecule has 322 valence electrons. The highest BCUT2D eigenvalue weighted by molar-refractivity contribution is 5.89. The molecule has 65 heavy (non-hydrogen) atoms. The number of fused-ring (bicyclic) bond motifs is 5. The molecular formula is C63H60N2. The molecule has 0 aromatic heterocycles. The second kappa shape index (κ2) is 14.1. The molecule has 0 N–H and O–H groups in total. The van der Waals surface area contributed by atoms with E-state index < -0.39 is 0 Å². The van der Waals surface area contributed by atoms with Gasteiger partial charge in [0.05, 0.1) is 11.4 Å². The largest absolute Gasteiger partial charge is 0.310 e. The van der Waals surface area contributed by atoms with Gasteiger partial charge in [0.25, 0.3) is 0 Å². The van der Waals surface area contributed by atoms with Crippen LogP contribution in [0.5, 0.6) is 0 Å². The van der Waals surface area contributed by atoms with E-state index in [1.54, 1.807) is 27.8 Å². The zero-order valence-electron chi connectivity index (χ0n) is 38.1. The van der Waals surface area contributed by atoms with E-state index in [9.17, 15) is 0 Å². The van der Waals surface area contributed by atoms with Crippen LogP contribution in [0.15, 0.2) is 164 Å². The molecular weight excluding hydrogens is 785 g/mol. The van der Waals surface area contributed by atoms with Crippen molar-refractivity contribution < 1.29 is 0 Å². The number of hydrogen-bond donors (Lipinski definition) is 0. The predicted octanol–water partition coefficient (Wildman–Crippen LogP) is 16.2. The summed E-state index contributed by atoms with van der Waals surface area (Å²) in [6.45, 7) is 4.83. The first-order chi connectivity index (χ1) is 31.9. The lowest BCUT2D eigenvalue weighted by atomic mass is 9.48. The van der Waals surface area contributed by atoms with Gasteiger partial charge in [-0.2, -0.15) is 0 Å². The number of rotatable bonds is 7. The van der Waals surface area contributed by atoms with E-state index in [-0.39, 0.29) is 10.8 Å². The minimum atomic E-state index is -0.110. The Balaban J connectivity index is 0.955. The van der Waals surface area contributed by atoms with Crippen molar-refractivity contribution in [2.45, 2.75) is 101 Å². The van der Waals surface area contributed by atoms with Crippen LogP contribution in [0, 0.1) is 29.6 Å². The number of anilines is 6. The quantitative estimate of drug-likeness (QED) is 0.158. The van der Waals surface area contributed by atoms with Gasteiger partial charge >= 0.3 is 0 Å². The van der Waals surface area contributed by atoms with E-state index in [2.05, 4.69) is 187 Å². The molecule has 2 nitrogen and oxygen atoms in total. The van der Waals surface area contributed by atoms with E-state index >= 15 is 0 Å². The minimum absolute atomic E-state index is 0.0885. The second-order valence-electron chi connectivity index (χ2n) is 22.2. The third-order valence-corrected chi connectivity index (χ3v) is 18.5. The Morgan fingerprint density at radius 3 is 1.52 bits per heavy atom. The first kappa shape index (κ1) is 38.4. The summed E-state index contributed by atoms with van der Waals surface area (Å²) in [7, 11) is 0. The molecule has 5 saturated carbocycles. The Kier molecular flexibility index (Phi) is 8.32. The Labute approximate surface area is 386 Å². The normalized spacial score (nSPS) is 27.9. The summed E-state index contributed by atoms with van der Waals surface area (Å²) in [6.07, 6.45) is 14.7. The topological polar surface area (TPSA) is 6.48 Å². The van der Waals surface area contributed by atoms with Gasteiger partial charge in [-0.3, -0.25) is 0 Å². The maximum atomic E-state index is 2.65. The average Bonchev–Trinajstić information content (AvgIpc) is 3.94. The third kappa shape index (κ3) is 5.46. The van der Waals surface area contributed by atoms with Gasteiger partial charge in [-0.1, -0.05) is 123 Å². The highest BCUT2D eigenvalue weighted by atomic mass is 15.2. The zero-order chi connectivity index (χ0) is 43.1. The molecule has 7 aromatic carbocycles. The maximum Gasteiger partial charge on any atom is 0.0505 e. The van der Waals surface area contributed by atoms with Crippen molar-refractivity contribution in [1.29, 1.82) is 0 Å². The average molecular weight is 845 g/mol. The number of hydrogen-bond acceptors (Lipinski definition) is 2. The van der Waals surface area contributed by atoms with Crippen LogP contribution in [0.3, 0.4) is 0 Å². The molecule has 7 aromatic rings. The number of nitrogens with zero attached hydrogens (tertiary/aromatic N) is 2. The van der Waals surface area contributed by atoms with Crippen LogP contribution in [-0.4, -0.2) is 0 Å². The molecule has 1 spiro atoms. The van der Waals surface area contributed by atoms with Gasteiger partial charge in [0.2, 0.25) is 0 Å². The van der Waals surface area contributed by atoms with Gasteiger partial charge in [0, 0.05) is 33.6 Å². The molecule has 15 rings (SSSR count). The standard InChI is InChI=1S/C63H60N2/c1-61(2)55-23-10-9-22-53(55)54-31-30-52(37-56(54)61)65(50-20-7-4-8-21-50)58-25-12-15-45-36-48-17-13-16-47-35-44-14-11-24-57(59(44)63(47,48)60(45)58)64(49-18-5-3-6-19-49)51-28-26-46(27-29-51)62-38-41-32-42(39-62)34-43(33-41)40-62/h3-12,14-15,18-31,37,41-43,47-48H,13,16-17,32-36,38-40H2,1-2H3. The summed E-state index contributed by atoms with van der Waals surface area (Å²) < 4.78 is 0. The highest BCUT2D eigenvalue weighted by Gasteiger charge is 2.60. The molecule has 5 fully saturated rings. The zero-order valence-corrected chi connectivity index (χ0v) is 38.1. The smallest absolute Gasteiger partial charge is 0.0505 e. The molecule has 8 aliphatic rings. The monoisotopic (exact) mass is 844 g/mol. The molecule has 0 aliphatic heterocycles. The molecule has 2 heteroatoms. The van der Waals surface area contributed by atoms with Crippen LogP contribution < -0.4 is 9.80 Å². The Morgan fingerprint density at radius 1 is 0.446 bits per heavy atom. The predicted molar refractivity (Wildman–Crippen MR) is 269 cm³/mol. The summed E-state index contributed by atoms with van der Waals surface area (Å²) in [6, 6.07) is 63.8. The van der Waals surface area contributed by atoms with Gasteiger partial charge < -0.3 is 9.80 Å². The van der Waals surface area contributed by atoms with Gasteiger partial charge in [-0.25, -0.2) is 0 Å². The van der Waals surface area contributed by atoms with Gasteiger partial charge in [0.1, 0.15) is 0 Å². The van der Waals surface area contributed by atoms with Crippen LogP contribution >= 0.6 is 0 Å². The van der Waals surface area contributed by atoms with E-state index in [4.69, 9.17) is 0 Å². The van der Waals surface area contributed by atoms with Crippen molar-refractivity contribution in [3.8, 4) is 11.1 Å². The van der Waals surface area contributed by atoms with Crippen LogP contribution in [0.4, 0.5) is 34.1 Å². The van der Waals surface area contributed by atoms with Crippen molar-refractivity contribution in [2.75, 3.05) is 9.80 Å². The Bertz CT molecular complexity index is 2950. The Hall–Kier alpha value is -5.86. The molecule has 0 saturated heterocycles. The second-order valence-corrected chi connectivity index (χ2v) is 22.2. The minimum Gasteiger partial charge on any atom is -0.310 e. The molecule has 3 atom stereocenters. The SMILES string of the molecule is CC1(C)c2ccccc2-c2ccc(N(c3ccccc3)c3cccc4c3C35c6c(cccc6N(c6ccccc6)c6ccc(C78CC9CC(CC(C9)C7)C8)cc6)CC3CCCC5C4)cc21. The molecule has 0 heterocycles. The van der Waals surface area contributed by atoms with Gasteiger partial charge in [0.15, 0.2) is 0 Å². The van der Waals surface area contributed by atoms with E-state index in [0.29, 0.717) is 17.3 Å². The van der Waals surface area contributed by atoms with Crippen molar-refractivity contribution in [2.24, 2.45) is 29.6 Å². The van der Waals surface area contributed by atoms with Crippen LogP contribution in [0.1, 0.15) is 111 Å². The first-order valence-electron chi connectivity index (χ1n) is 25.2. The fourth-order valence-electron chi connectivity index (χ4n) is 16.5. The summed E-state index contributed by atoms with van der Waals surface area (Å²) in [5.41, 5.74) is 21.4. The number of benzene rings is 7. The lowest BCUT2D eigenvalue weighted by molar-refractivity contribution is -0.00518. The molecule has 0 radical (unpaired) electrons. The maximum absolute atomic E-state index is 2.65. The fourth-order valence-corrected chi connectivity index (χ4v) is 16.5. The fraction of sp³-hybridized carbons (Fsp3) is 0.333. The summed E-state index contributed by atoms with van der Waals surface area (Å²) in [4.78, 5) is 5.29. The van der Waals surface area contributed by atoms with Crippen molar-refractivity contribution in [3.05, 3.63) is 203 Å². The summed E-state index contributed by atoms with van der Waals surface area (Å²) in [5.74, 6) is 3.90. The lowest BCUT2D eigenvalue weighted by Gasteiger charge is -2.57. The summed E-state index contributed by atoms with van der Waals surface area (Å²) in [5, 5.41) is 0. The van der Waals surface area contributed by atoms with Crippen LogP contribution in [-0.2, 0) is 29.1 Å². The summed E-state index contributed by atoms with van der Waals surface area (Å²) >= 11 is 0. The third-order valence-electron chi connectivity index (χ3n) is 18.5. The number of para-hydroxylation sites is 2.